The molecule has 0 N–H and O–H groups in total. The zero-order valence-electron chi connectivity index (χ0n) is 9.33. The molecule has 1 heterocycles. The Kier molecular flexibility index (Phi) is 2.74. The number of benzene rings is 1. The van der Waals surface area contributed by atoms with Gasteiger partial charge in [0.15, 0.2) is 0 Å². The van der Waals surface area contributed by atoms with Crippen LogP contribution in [0.2, 0.25) is 0 Å². The van der Waals surface area contributed by atoms with Crippen molar-refractivity contribution in [3.8, 4) is 5.69 Å². The number of rotatable bonds is 3. The third-order valence-corrected chi connectivity index (χ3v) is 2.37. The van der Waals surface area contributed by atoms with Crippen molar-refractivity contribution >= 4 is 11.8 Å². The number of aromatic nitrogens is 2. The third kappa shape index (κ3) is 2.08. The van der Waals surface area contributed by atoms with Gasteiger partial charge in [-0.05, 0) is 31.2 Å². The largest absolute Gasteiger partial charge is 0.269 e. The van der Waals surface area contributed by atoms with E-state index in [1.165, 1.54) is 12.1 Å². The summed E-state index contributed by atoms with van der Waals surface area (Å²) >= 11 is 0. The minimum absolute atomic E-state index is 0.0674. The summed E-state index contributed by atoms with van der Waals surface area (Å²) in [5, 5.41) is 14.8. The molecule has 0 saturated heterocycles. The van der Waals surface area contributed by atoms with Crippen molar-refractivity contribution in [3.05, 3.63) is 58.4 Å². The maximum Gasteiger partial charge on any atom is 0.269 e. The van der Waals surface area contributed by atoms with E-state index in [1.54, 1.807) is 22.9 Å². The fraction of sp³-hybridized carbons (Fsp3) is 0.0833. The van der Waals surface area contributed by atoms with Gasteiger partial charge in [0, 0.05) is 12.1 Å². The summed E-state index contributed by atoms with van der Waals surface area (Å²) in [6.45, 7) is 5.59. The Morgan fingerprint density at radius 1 is 1.41 bits per heavy atom. The molecule has 1 aromatic heterocycles. The second kappa shape index (κ2) is 4.21. The maximum atomic E-state index is 10.5. The number of hydrogen-bond acceptors (Lipinski definition) is 3. The molecule has 86 valence electrons. The third-order valence-electron chi connectivity index (χ3n) is 2.37. The van der Waals surface area contributed by atoms with Gasteiger partial charge in [-0.3, -0.25) is 10.1 Å². The molecule has 0 fully saturated rings. The molecule has 0 aliphatic carbocycles. The summed E-state index contributed by atoms with van der Waals surface area (Å²) in [7, 11) is 0. The van der Waals surface area contributed by atoms with Crippen molar-refractivity contribution in [3.63, 3.8) is 0 Å². The molecule has 0 bridgehead atoms. The summed E-state index contributed by atoms with van der Waals surface area (Å²) in [5.41, 5.74) is 2.57. The maximum absolute atomic E-state index is 10.5. The second-order valence-electron chi connectivity index (χ2n) is 3.60. The Labute approximate surface area is 98.2 Å². The number of nitro groups is 1. The standard InChI is InChI=1S/C12H11N3O2/c1-3-10-8-9(2)13-14(10)11-4-6-12(7-5-11)15(16)17/h3-8H,1H2,2H3. The topological polar surface area (TPSA) is 61.0 Å². The molecule has 1 aromatic carbocycles. The van der Waals surface area contributed by atoms with E-state index >= 15 is 0 Å². The highest BCUT2D eigenvalue weighted by molar-refractivity contribution is 5.49. The fourth-order valence-electron chi connectivity index (χ4n) is 1.59. The molecular formula is C12H11N3O2. The average Bonchev–Trinajstić information content (AvgIpc) is 2.70. The van der Waals surface area contributed by atoms with Gasteiger partial charge in [-0.1, -0.05) is 6.58 Å². The average molecular weight is 229 g/mol. The van der Waals surface area contributed by atoms with Crippen molar-refractivity contribution in [2.75, 3.05) is 0 Å². The zero-order valence-corrected chi connectivity index (χ0v) is 9.33. The van der Waals surface area contributed by atoms with Crippen molar-refractivity contribution in [2.24, 2.45) is 0 Å². The lowest BCUT2D eigenvalue weighted by Gasteiger charge is -2.03. The quantitative estimate of drug-likeness (QED) is 0.600. The van der Waals surface area contributed by atoms with Crippen LogP contribution >= 0.6 is 0 Å². The van der Waals surface area contributed by atoms with Gasteiger partial charge < -0.3 is 0 Å². The first kappa shape index (κ1) is 11.1. The second-order valence-corrected chi connectivity index (χ2v) is 3.60. The molecular weight excluding hydrogens is 218 g/mol. The van der Waals surface area contributed by atoms with Gasteiger partial charge in [0.2, 0.25) is 0 Å². The molecule has 0 saturated carbocycles. The Balaban J connectivity index is 2.46. The molecule has 0 aliphatic rings. The van der Waals surface area contributed by atoms with Gasteiger partial charge in [0.05, 0.1) is 22.0 Å². The van der Waals surface area contributed by atoms with Gasteiger partial charge >= 0.3 is 0 Å². The smallest absolute Gasteiger partial charge is 0.258 e. The van der Waals surface area contributed by atoms with E-state index in [4.69, 9.17) is 0 Å². The molecule has 0 atom stereocenters. The normalized spacial score (nSPS) is 10.2. The number of aryl methyl sites for hydroxylation is 1. The monoisotopic (exact) mass is 229 g/mol. The van der Waals surface area contributed by atoms with Gasteiger partial charge in [-0.15, -0.1) is 0 Å². The van der Waals surface area contributed by atoms with Crippen molar-refractivity contribution in [1.29, 1.82) is 0 Å². The van der Waals surface area contributed by atoms with E-state index in [9.17, 15) is 10.1 Å². The molecule has 0 spiro atoms. The predicted molar refractivity (Wildman–Crippen MR) is 65.0 cm³/mol. The summed E-state index contributed by atoms with van der Waals surface area (Å²) in [6.07, 6.45) is 1.70. The van der Waals surface area contributed by atoms with Crippen LogP contribution < -0.4 is 0 Å². The molecule has 5 heteroatoms. The molecule has 2 aromatic rings. The van der Waals surface area contributed by atoms with Crippen LogP contribution in [0.4, 0.5) is 5.69 Å². The molecule has 0 amide bonds. The number of non-ortho nitro benzene ring substituents is 1. The Hall–Kier alpha value is -2.43. The number of nitrogens with zero attached hydrogens (tertiary/aromatic N) is 3. The van der Waals surface area contributed by atoms with Gasteiger partial charge in [-0.25, -0.2) is 4.68 Å². The van der Waals surface area contributed by atoms with E-state index in [0.717, 1.165) is 17.1 Å². The van der Waals surface area contributed by atoms with Crippen molar-refractivity contribution in [2.45, 2.75) is 6.92 Å². The molecule has 5 nitrogen and oxygen atoms in total. The van der Waals surface area contributed by atoms with Crippen LogP contribution in [0.3, 0.4) is 0 Å². The van der Waals surface area contributed by atoms with Crippen molar-refractivity contribution < 1.29 is 4.92 Å². The Morgan fingerprint density at radius 3 is 2.59 bits per heavy atom. The fourth-order valence-corrected chi connectivity index (χ4v) is 1.59. The SMILES string of the molecule is C=Cc1cc(C)nn1-c1ccc([N+](=O)[O-])cc1. The lowest BCUT2D eigenvalue weighted by atomic mass is 10.3. The summed E-state index contributed by atoms with van der Waals surface area (Å²) in [5.74, 6) is 0. The minimum Gasteiger partial charge on any atom is -0.258 e. The van der Waals surface area contributed by atoms with Gasteiger partial charge in [-0.2, -0.15) is 5.10 Å². The highest BCUT2D eigenvalue weighted by Crippen LogP contribution is 2.17. The molecule has 0 unspecified atom stereocenters. The van der Waals surface area contributed by atoms with Gasteiger partial charge in [0.1, 0.15) is 0 Å². The van der Waals surface area contributed by atoms with Crippen LogP contribution in [0.1, 0.15) is 11.4 Å². The molecule has 0 radical (unpaired) electrons. The predicted octanol–water partition coefficient (Wildman–Crippen LogP) is 2.73. The summed E-state index contributed by atoms with van der Waals surface area (Å²) in [6, 6.07) is 8.14. The van der Waals surface area contributed by atoms with Crippen LogP contribution in [0.5, 0.6) is 0 Å². The van der Waals surface area contributed by atoms with E-state index in [-0.39, 0.29) is 5.69 Å². The zero-order chi connectivity index (χ0) is 12.4. The minimum atomic E-state index is -0.424. The Bertz CT molecular complexity index is 570. The number of hydrogen-bond donors (Lipinski definition) is 0. The summed E-state index contributed by atoms with van der Waals surface area (Å²) in [4.78, 5) is 10.1. The lowest BCUT2D eigenvalue weighted by molar-refractivity contribution is -0.384. The first-order valence-electron chi connectivity index (χ1n) is 5.06. The molecule has 2 rings (SSSR count). The van der Waals surface area contributed by atoms with Crippen LogP contribution in [-0.4, -0.2) is 14.7 Å². The van der Waals surface area contributed by atoms with E-state index < -0.39 is 4.92 Å². The van der Waals surface area contributed by atoms with Gasteiger partial charge in [0.25, 0.3) is 5.69 Å². The highest BCUT2D eigenvalue weighted by Gasteiger charge is 2.08. The molecule has 17 heavy (non-hydrogen) atoms. The summed E-state index contributed by atoms with van der Waals surface area (Å²) < 4.78 is 1.70. The lowest BCUT2D eigenvalue weighted by Crippen LogP contribution is -1.99. The first-order chi connectivity index (χ1) is 8.11. The van der Waals surface area contributed by atoms with E-state index in [1.807, 2.05) is 13.0 Å². The van der Waals surface area contributed by atoms with Crippen LogP contribution in [-0.2, 0) is 0 Å². The van der Waals surface area contributed by atoms with Crippen LogP contribution in [0, 0.1) is 17.0 Å². The van der Waals surface area contributed by atoms with E-state index in [0.29, 0.717) is 0 Å². The Morgan fingerprint density at radius 2 is 2.06 bits per heavy atom. The van der Waals surface area contributed by atoms with E-state index in [2.05, 4.69) is 11.7 Å². The van der Waals surface area contributed by atoms with Crippen LogP contribution in [0.15, 0.2) is 36.9 Å². The first-order valence-corrected chi connectivity index (χ1v) is 5.06. The molecule has 0 aliphatic heterocycles. The highest BCUT2D eigenvalue weighted by atomic mass is 16.6. The van der Waals surface area contributed by atoms with Crippen LogP contribution in [0.25, 0.3) is 11.8 Å². The number of nitro benzene ring substituents is 1. The van der Waals surface area contributed by atoms with Crippen molar-refractivity contribution in [1.82, 2.24) is 9.78 Å².